The molecular formula is C57H87NO7. The van der Waals surface area contributed by atoms with Gasteiger partial charge in [-0.15, -0.1) is 0 Å². The normalized spacial score (nSPS) is 14.2. The second kappa shape index (κ2) is 45.8. The topological polar surface area (TPSA) is 102 Å². The number of aliphatic carboxylic acids is 1. The molecule has 0 heterocycles. The average molecular weight is 898 g/mol. The first-order valence-corrected chi connectivity index (χ1v) is 24.5. The minimum atomic E-state index is -1.14. The van der Waals surface area contributed by atoms with Gasteiger partial charge in [0, 0.05) is 19.3 Å². The monoisotopic (exact) mass is 898 g/mol. The third-order valence-electron chi connectivity index (χ3n) is 9.92. The Morgan fingerprint density at radius 2 is 0.892 bits per heavy atom. The molecule has 0 saturated carbocycles. The van der Waals surface area contributed by atoms with E-state index in [4.69, 9.17) is 14.2 Å². The quantitative estimate of drug-likeness (QED) is 0.0198. The number of esters is 2. The number of unbranched alkanes of at least 4 members (excludes halogenated alkanes) is 9. The van der Waals surface area contributed by atoms with Gasteiger partial charge in [0.1, 0.15) is 12.6 Å². The summed E-state index contributed by atoms with van der Waals surface area (Å²) in [5, 5.41) is 11.7. The molecule has 0 saturated heterocycles. The fourth-order valence-electron chi connectivity index (χ4n) is 6.20. The number of nitrogens with zero attached hydrogens (tertiary/aromatic N) is 1. The number of hydrogen-bond acceptors (Lipinski definition) is 7. The third-order valence-corrected chi connectivity index (χ3v) is 9.92. The SMILES string of the molecule is CC/C=C/C=C/C=C/C=C/C=C/C=C/C=C/CCCCCC(=O)OC(COCCC(C(=O)[O-])[N+](C)(C)C)COC(=O)CCCCCCCC/C=C/C/C=C/C/C=C/C/C=C/C/C=C/CC. The molecule has 0 N–H and O–H groups in total. The number of allylic oxidation sites excluding steroid dienone is 24. The summed E-state index contributed by atoms with van der Waals surface area (Å²) in [7, 11) is 5.37. The Kier molecular flexibility index (Phi) is 42.4. The zero-order valence-corrected chi connectivity index (χ0v) is 41.1. The maximum Gasteiger partial charge on any atom is 0.306 e. The smallest absolute Gasteiger partial charge is 0.306 e. The van der Waals surface area contributed by atoms with Crippen molar-refractivity contribution in [1.82, 2.24) is 0 Å². The lowest BCUT2D eigenvalue weighted by atomic mass is 10.1. The van der Waals surface area contributed by atoms with Crippen molar-refractivity contribution >= 4 is 17.9 Å². The van der Waals surface area contributed by atoms with Crippen molar-refractivity contribution in [2.45, 2.75) is 154 Å². The molecule has 2 atom stereocenters. The first-order chi connectivity index (χ1) is 31.6. The summed E-state index contributed by atoms with van der Waals surface area (Å²) >= 11 is 0. The summed E-state index contributed by atoms with van der Waals surface area (Å²) in [6, 6.07) is -0.748. The predicted molar refractivity (Wildman–Crippen MR) is 272 cm³/mol. The van der Waals surface area contributed by atoms with E-state index in [0.717, 1.165) is 89.9 Å². The van der Waals surface area contributed by atoms with Gasteiger partial charge in [-0.05, 0) is 77.0 Å². The summed E-state index contributed by atoms with van der Waals surface area (Å²) in [5.41, 5.74) is 0. The number of carbonyl (C=O) groups excluding carboxylic acids is 3. The van der Waals surface area contributed by atoms with Crippen LogP contribution in [-0.4, -0.2) is 75.5 Å². The Balaban J connectivity index is 4.45. The molecule has 0 aromatic carbocycles. The fraction of sp³-hybridized carbons (Fsp3) is 0.526. The van der Waals surface area contributed by atoms with Crippen molar-refractivity contribution in [3.8, 4) is 0 Å². The van der Waals surface area contributed by atoms with E-state index in [1.807, 2.05) is 72.9 Å². The minimum Gasteiger partial charge on any atom is -0.544 e. The standard InChI is InChI=1S/C57H87NO7/c1-6-8-10-12-14-16-18-20-22-24-26-27-28-30-31-33-35-37-39-41-43-45-47-55(59)64-52-53(51-63-50-49-54(57(61)62)58(3,4)5)65-56(60)48-46-44-42-40-38-36-34-32-29-25-23-21-19-17-15-13-11-9-7-2/h8-11,13-17,19-23,25-27,29-32,34,36,38,53-54H,6-7,12,18,24,28,33,35,37,39-52H2,1-5H3/b10-8+,11-9+,15-13+,16-14+,19-17+,22-20+,23-21+,27-26+,29-25+,31-30+,34-32+,38-36+. The highest BCUT2D eigenvalue weighted by Crippen LogP contribution is 2.12. The molecule has 8 nitrogen and oxygen atoms in total. The first kappa shape index (κ1) is 60.2. The molecule has 0 aliphatic heterocycles. The van der Waals surface area contributed by atoms with Crippen LogP contribution in [0.5, 0.6) is 0 Å². The Hall–Kier alpha value is -4.79. The lowest BCUT2D eigenvalue weighted by molar-refractivity contribution is -0.889. The number of quaternary nitrogens is 1. The van der Waals surface area contributed by atoms with Gasteiger partial charge in [0.05, 0.1) is 40.3 Å². The van der Waals surface area contributed by atoms with E-state index in [9.17, 15) is 19.5 Å². The van der Waals surface area contributed by atoms with E-state index < -0.39 is 18.1 Å². The zero-order valence-electron chi connectivity index (χ0n) is 41.1. The van der Waals surface area contributed by atoms with E-state index >= 15 is 0 Å². The van der Waals surface area contributed by atoms with E-state index in [2.05, 4.69) is 86.8 Å². The molecule has 8 heteroatoms. The molecule has 0 aliphatic carbocycles. The van der Waals surface area contributed by atoms with Crippen LogP contribution in [0.1, 0.15) is 142 Å². The van der Waals surface area contributed by atoms with Crippen LogP contribution < -0.4 is 5.11 Å². The molecule has 0 rings (SSSR count). The van der Waals surface area contributed by atoms with Crippen LogP contribution in [0.2, 0.25) is 0 Å². The number of carboxylic acid groups (broad SMARTS) is 1. The van der Waals surface area contributed by atoms with Crippen molar-refractivity contribution in [2.24, 2.45) is 0 Å². The molecule has 0 fully saturated rings. The summed E-state index contributed by atoms with van der Waals surface area (Å²) in [6.07, 6.45) is 67.3. The van der Waals surface area contributed by atoms with Crippen LogP contribution >= 0.6 is 0 Å². The molecule has 362 valence electrons. The Morgan fingerprint density at radius 3 is 1.40 bits per heavy atom. The average Bonchev–Trinajstić information content (AvgIpc) is 3.27. The van der Waals surface area contributed by atoms with Crippen LogP contribution in [-0.2, 0) is 28.6 Å². The second-order valence-corrected chi connectivity index (χ2v) is 16.8. The maximum atomic E-state index is 12.8. The summed E-state index contributed by atoms with van der Waals surface area (Å²) in [4.78, 5) is 37.0. The largest absolute Gasteiger partial charge is 0.544 e. The molecule has 2 unspecified atom stereocenters. The molecule has 0 aromatic heterocycles. The van der Waals surface area contributed by atoms with Crippen molar-refractivity contribution in [2.75, 3.05) is 41.0 Å². The van der Waals surface area contributed by atoms with Crippen molar-refractivity contribution in [3.63, 3.8) is 0 Å². The van der Waals surface area contributed by atoms with Gasteiger partial charge in [0.25, 0.3) is 0 Å². The molecule has 65 heavy (non-hydrogen) atoms. The first-order valence-electron chi connectivity index (χ1n) is 24.5. The highest BCUT2D eigenvalue weighted by atomic mass is 16.6. The van der Waals surface area contributed by atoms with Crippen LogP contribution in [0.15, 0.2) is 146 Å². The molecule has 0 radical (unpaired) electrons. The van der Waals surface area contributed by atoms with Crippen molar-refractivity contribution < 1.29 is 38.2 Å². The van der Waals surface area contributed by atoms with Gasteiger partial charge in [0.2, 0.25) is 0 Å². The maximum absolute atomic E-state index is 12.8. The van der Waals surface area contributed by atoms with Gasteiger partial charge in [-0.3, -0.25) is 9.59 Å². The Labute approximate surface area is 395 Å². The zero-order chi connectivity index (χ0) is 47.7. The molecule has 0 aliphatic rings. The number of likely N-dealkylation sites (N-methyl/N-ethyl adjacent to an activating group) is 1. The highest BCUT2D eigenvalue weighted by molar-refractivity contribution is 5.70. The number of hydrogen-bond donors (Lipinski definition) is 0. The van der Waals surface area contributed by atoms with Crippen LogP contribution in [0, 0.1) is 0 Å². The lowest BCUT2D eigenvalue weighted by Gasteiger charge is -2.34. The summed E-state index contributed by atoms with van der Waals surface area (Å²) < 4.78 is 17.1. The van der Waals surface area contributed by atoms with Crippen molar-refractivity contribution in [1.29, 1.82) is 0 Å². The molecule has 0 aromatic rings. The van der Waals surface area contributed by atoms with Crippen LogP contribution in [0.25, 0.3) is 0 Å². The molecule has 0 amide bonds. The minimum absolute atomic E-state index is 0.00514. The van der Waals surface area contributed by atoms with Gasteiger partial charge >= 0.3 is 11.9 Å². The van der Waals surface area contributed by atoms with Crippen LogP contribution in [0.3, 0.4) is 0 Å². The van der Waals surface area contributed by atoms with Gasteiger partial charge in [-0.25, -0.2) is 0 Å². The number of ether oxygens (including phenoxy) is 3. The third kappa shape index (κ3) is 44.2. The Bertz CT molecular complexity index is 1560. The number of carboxylic acids is 1. The lowest BCUT2D eigenvalue weighted by Crippen LogP contribution is -2.55. The fourth-order valence-corrected chi connectivity index (χ4v) is 6.20. The van der Waals surface area contributed by atoms with Crippen molar-refractivity contribution in [3.05, 3.63) is 146 Å². The summed E-state index contributed by atoms with van der Waals surface area (Å²) in [5.74, 6) is -1.84. The summed E-state index contributed by atoms with van der Waals surface area (Å²) in [6.45, 7) is 4.31. The van der Waals surface area contributed by atoms with E-state index in [1.54, 1.807) is 21.1 Å². The molecule has 0 spiro atoms. The highest BCUT2D eigenvalue weighted by Gasteiger charge is 2.25. The van der Waals surface area contributed by atoms with Gasteiger partial charge < -0.3 is 28.6 Å². The molecule has 0 bridgehead atoms. The van der Waals surface area contributed by atoms with E-state index in [1.165, 1.54) is 12.8 Å². The van der Waals surface area contributed by atoms with Gasteiger partial charge in [0.15, 0.2) is 6.10 Å². The van der Waals surface area contributed by atoms with E-state index in [-0.39, 0.29) is 49.1 Å². The number of carbonyl (C=O) groups is 3. The van der Waals surface area contributed by atoms with Gasteiger partial charge in [-0.2, -0.15) is 0 Å². The van der Waals surface area contributed by atoms with E-state index in [0.29, 0.717) is 12.8 Å². The van der Waals surface area contributed by atoms with Crippen LogP contribution in [0.4, 0.5) is 0 Å². The Morgan fingerprint density at radius 1 is 0.477 bits per heavy atom. The number of rotatable bonds is 41. The van der Waals surface area contributed by atoms with Gasteiger partial charge in [-0.1, -0.05) is 192 Å². The predicted octanol–water partition coefficient (Wildman–Crippen LogP) is 12.8. The molecular weight excluding hydrogens is 811 g/mol. The second-order valence-electron chi connectivity index (χ2n) is 16.8.